The maximum absolute atomic E-state index is 12.3. The number of aliphatic hydroxyl groups excluding tert-OH is 1. The zero-order chi connectivity index (χ0) is 20.5. The Labute approximate surface area is 163 Å². The maximum atomic E-state index is 12.3. The van der Waals surface area contributed by atoms with Crippen molar-refractivity contribution in [3.8, 4) is 0 Å². The molecule has 1 saturated heterocycles. The van der Waals surface area contributed by atoms with Gasteiger partial charge in [-0.25, -0.2) is 4.79 Å². The lowest BCUT2D eigenvalue weighted by Crippen LogP contribution is -2.53. The predicted molar refractivity (Wildman–Crippen MR) is 100 cm³/mol. The second kappa shape index (κ2) is 10.7. The van der Waals surface area contributed by atoms with Gasteiger partial charge in [-0.1, -0.05) is 24.3 Å². The largest absolute Gasteiger partial charge is 0.480 e. The van der Waals surface area contributed by atoms with Crippen molar-refractivity contribution in [2.45, 2.75) is 32.0 Å². The molecule has 0 aliphatic carbocycles. The van der Waals surface area contributed by atoms with Crippen molar-refractivity contribution in [3.63, 3.8) is 0 Å². The third-order valence-corrected chi connectivity index (χ3v) is 4.50. The Morgan fingerprint density at radius 1 is 1.11 bits per heavy atom. The van der Waals surface area contributed by atoms with Gasteiger partial charge in [-0.2, -0.15) is 0 Å². The number of amides is 2. The Kier molecular flexibility index (Phi) is 8.37. The van der Waals surface area contributed by atoms with Gasteiger partial charge in [0.2, 0.25) is 11.8 Å². The molecule has 28 heavy (non-hydrogen) atoms. The van der Waals surface area contributed by atoms with Crippen molar-refractivity contribution in [1.82, 2.24) is 15.5 Å². The van der Waals surface area contributed by atoms with Crippen molar-refractivity contribution >= 4 is 17.8 Å². The Balaban J connectivity index is 1.85. The molecule has 9 nitrogen and oxygen atoms in total. The van der Waals surface area contributed by atoms with E-state index in [9.17, 15) is 19.5 Å². The number of aliphatic hydroxyl groups is 1. The number of carboxylic acid groups (broad SMARTS) is 1. The summed E-state index contributed by atoms with van der Waals surface area (Å²) in [6.45, 7) is 4.04. The van der Waals surface area contributed by atoms with Gasteiger partial charge in [0.05, 0.1) is 26.4 Å². The minimum atomic E-state index is -1.16. The van der Waals surface area contributed by atoms with Crippen LogP contribution in [-0.4, -0.2) is 77.8 Å². The molecule has 0 unspecified atom stereocenters. The number of carbonyl (C=O) groups excluding carboxylic acids is 2. The summed E-state index contributed by atoms with van der Waals surface area (Å²) in [7, 11) is 0. The van der Waals surface area contributed by atoms with E-state index in [-0.39, 0.29) is 25.5 Å². The van der Waals surface area contributed by atoms with Crippen LogP contribution in [0.5, 0.6) is 0 Å². The first-order chi connectivity index (χ1) is 13.4. The van der Waals surface area contributed by atoms with Crippen LogP contribution < -0.4 is 10.6 Å². The Morgan fingerprint density at radius 3 is 2.29 bits per heavy atom. The first-order valence-electron chi connectivity index (χ1n) is 9.20. The summed E-state index contributed by atoms with van der Waals surface area (Å²) in [6, 6.07) is 4.84. The van der Waals surface area contributed by atoms with Crippen LogP contribution in [0.1, 0.15) is 18.1 Å². The molecule has 9 heteroatoms. The molecular weight excluding hydrogens is 366 g/mol. The molecule has 4 N–H and O–H groups in total. The van der Waals surface area contributed by atoms with Crippen molar-refractivity contribution in [2.24, 2.45) is 0 Å². The molecule has 2 atom stereocenters. The molecule has 1 fully saturated rings. The number of benzene rings is 1. The Bertz CT molecular complexity index is 673. The molecule has 1 aromatic carbocycles. The lowest BCUT2D eigenvalue weighted by atomic mass is 10.0. The maximum Gasteiger partial charge on any atom is 0.326 e. The van der Waals surface area contributed by atoms with E-state index in [1.165, 1.54) is 6.92 Å². The molecular formula is C19H27N3O6. The van der Waals surface area contributed by atoms with Crippen LogP contribution in [0.4, 0.5) is 0 Å². The summed E-state index contributed by atoms with van der Waals surface area (Å²) in [5.41, 5.74) is 1.44. The summed E-state index contributed by atoms with van der Waals surface area (Å²) >= 11 is 0. The Hall–Kier alpha value is -2.49. The number of carboxylic acids is 1. The van der Waals surface area contributed by atoms with Gasteiger partial charge in [0.1, 0.15) is 12.1 Å². The highest BCUT2D eigenvalue weighted by atomic mass is 16.5. The van der Waals surface area contributed by atoms with Crippen LogP contribution >= 0.6 is 0 Å². The number of morpholine rings is 1. The average molecular weight is 393 g/mol. The highest BCUT2D eigenvalue weighted by Gasteiger charge is 2.25. The quantitative estimate of drug-likeness (QED) is 0.429. The minimum absolute atomic E-state index is 0.0962. The molecule has 1 heterocycles. The third kappa shape index (κ3) is 6.91. The number of carbonyl (C=O) groups is 3. The van der Waals surface area contributed by atoms with E-state index in [2.05, 4.69) is 10.6 Å². The molecule has 0 spiro atoms. The minimum Gasteiger partial charge on any atom is -0.480 e. The van der Waals surface area contributed by atoms with E-state index in [4.69, 9.17) is 9.84 Å². The zero-order valence-electron chi connectivity index (χ0n) is 15.9. The van der Waals surface area contributed by atoms with Gasteiger partial charge in [0, 0.05) is 19.5 Å². The van der Waals surface area contributed by atoms with Crippen LogP contribution in [0.2, 0.25) is 0 Å². The summed E-state index contributed by atoms with van der Waals surface area (Å²) in [4.78, 5) is 37.8. The molecule has 1 aliphatic rings. The highest BCUT2D eigenvalue weighted by molar-refractivity contribution is 5.90. The number of rotatable bonds is 9. The molecule has 0 bridgehead atoms. The molecule has 0 aromatic heterocycles. The van der Waals surface area contributed by atoms with E-state index in [0.29, 0.717) is 31.9 Å². The molecule has 2 rings (SSSR count). The SMILES string of the molecule is C[C@H](NC(=O)CN1CCOCC1)C(=O)N[C@@H](Cc1ccc(CO)cc1)C(=O)O. The summed E-state index contributed by atoms with van der Waals surface area (Å²) in [5.74, 6) is -2.02. The summed E-state index contributed by atoms with van der Waals surface area (Å²) < 4.78 is 5.22. The van der Waals surface area contributed by atoms with E-state index in [1.54, 1.807) is 24.3 Å². The van der Waals surface area contributed by atoms with Gasteiger partial charge in [0.15, 0.2) is 0 Å². The number of nitrogens with one attached hydrogen (secondary N) is 2. The standard InChI is InChI=1S/C19H27N3O6/c1-13(20-17(24)11-22-6-8-28-9-7-22)18(25)21-16(19(26)27)10-14-2-4-15(12-23)5-3-14/h2-5,13,16,23H,6-12H2,1H3,(H,20,24)(H,21,25)(H,26,27)/t13-,16-/m0/s1. The highest BCUT2D eigenvalue weighted by Crippen LogP contribution is 2.08. The van der Waals surface area contributed by atoms with Gasteiger partial charge in [-0.15, -0.1) is 0 Å². The molecule has 2 amide bonds. The fourth-order valence-corrected chi connectivity index (χ4v) is 2.83. The summed E-state index contributed by atoms with van der Waals surface area (Å²) in [5, 5.41) is 23.5. The van der Waals surface area contributed by atoms with Gasteiger partial charge >= 0.3 is 5.97 Å². The molecule has 154 valence electrons. The molecule has 0 radical (unpaired) electrons. The second-order valence-electron chi connectivity index (χ2n) is 6.76. The fraction of sp³-hybridized carbons (Fsp3) is 0.526. The lowest BCUT2D eigenvalue weighted by Gasteiger charge is -2.26. The van der Waals surface area contributed by atoms with Crippen molar-refractivity contribution in [2.75, 3.05) is 32.8 Å². The normalized spacial score (nSPS) is 16.8. The smallest absolute Gasteiger partial charge is 0.326 e. The topological polar surface area (TPSA) is 128 Å². The van der Waals surface area contributed by atoms with Gasteiger partial charge < -0.3 is 25.6 Å². The van der Waals surface area contributed by atoms with Crippen LogP contribution in [0.3, 0.4) is 0 Å². The average Bonchev–Trinajstić information content (AvgIpc) is 2.68. The summed E-state index contributed by atoms with van der Waals surface area (Å²) in [6.07, 6.45) is 0.0984. The number of hydrogen-bond donors (Lipinski definition) is 4. The van der Waals surface area contributed by atoms with Crippen LogP contribution in [0, 0.1) is 0 Å². The van der Waals surface area contributed by atoms with E-state index in [0.717, 1.165) is 5.56 Å². The predicted octanol–water partition coefficient (Wildman–Crippen LogP) is -0.872. The fourth-order valence-electron chi connectivity index (χ4n) is 2.83. The van der Waals surface area contributed by atoms with Gasteiger partial charge in [0.25, 0.3) is 0 Å². The monoisotopic (exact) mass is 393 g/mol. The van der Waals surface area contributed by atoms with Crippen LogP contribution in [0.25, 0.3) is 0 Å². The third-order valence-electron chi connectivity index (χ3n) is 4.50. The molecule has 1 aliphatic heterocycles. The first-order valence-corrected chi connectivity index (χ1v) is 9.20. The number of nitrogens with zero attached hydrogens (tertiary/aromatic N) is 1. The number of ether oxygens (including phenoxy) is 1. The van der Waals surface area contributed by atoms with Crippen molar-refractivity contribution < 1.29 is 29.3 Å². The lowest BCUT2D eigenvalue weighted by molar-refractivity contribution is -0.142. The van der Waals surface area contributed by atoms with Crippen LogP contribution in [0.15, 0.2) is 24.3 Å². The van der Waals surface area contributed by atoms with Crippen LogP contribution in [-0.2, 0) is 32.1 Å². The first kappa shape index (κ1) is 21.8. The molecule has 1 aromatic rings. The van der Waals surface area contributed by atoms with E-state index in [1.807, 2.05) is 4.90 Å². The number of hydrogen-bond acceptors (Lipinski definition) is 6. The van der Waals surface area contributed by atoms with Gasteiger partial charge in [-0.05, 0) is 18.1 Å². The molecule has 0 saturated carbocycles. The van der Waals surface area contributed by atoms with Gasteiger partial charge in [-0.3, -0.25) is 14.5 Å². The zero-order valence-corrected chi connectivity index (χ0v) is 15.9. The Morgan fingerprint density at radius 2 is 1.71 bits per heavy atom. The van der Waals surface area contributed by atoms with Crippen molar-refractivity contribution in [3.05, 3.63) is 35.4 Å². The van der Waals surface area contributed by atoms with E-state index >= 15 is 0 Å². The number of aliphatic carboxylic acids is 1. The van der Waals surface area contributed by atoms with Crippen molar-refractivity contribution in [1.29, 1.82) is 0 Å². The van der Waals surface area contributed by atoms with E-state index < -0.39 is 24.0 Å². The second-order valence-corrected chi connectivity index (χ2v) is 6.76.